The molecule has 2 fully saturated rings. The molecule has 0 radical (unpaired) electrons. The predicted octanol–water partition coefficient (Wildman–Crippen LogP) is 7.63. The Balaban J connectivity index is 0.000000191. The molecule has 0 N–H and O–H groups in total. The first-order chi connectivity index (χ1) is 23.3. The minimum absolute atomic E-state index is 0.289. The highest BCUT2D eigenvalue weighted by atomic mass is 19.2. The smallest absolute Gasteiger partial charge is 0.416 e. The Morgan fingerprint density at radius 3 is 1.45 bits per heavy atom. The van der Waals surface area contributed by atoms with E-state index in [9.17, 15) is 22.8 Å². The monoisotopic (exact) mass is 666 g/mol. The van der Waals surface area contributed by atoms with E-state index < -0.39 is 28.9 Å². The molecule has 4 aromatic rings. The number of anilines is 2. The zero-order valence-corrected chi connectivity index (χ0v) is 27.4. The Morgan fingerprint density at radius 1 is 0.592 bits per heavy atom. The van der Waals surface area contributed by atoms with Gasteiger partial charge in [0.15, 0.2) is 11.6 Å². The number of carbonyl (C=O) groups excluding carboxylic acids is 2. The summed E-state index contributed by atoms with van der Waals surface area (Å²) in [7, 11) is 0. The van der Waals surface area contributed by atoms with Crippen molar-refractivity contribution >= 4 is 23.8 Å². The second-order valence-corrected chi connectivity index (χ2v) is 12.5. The van der Waals surface area contributed by atoms with E-state index in [0.717, 1.165) is 24.1 Å². The zero-order chi connectivity index (χ0) is 35.2. The van der Waals surface area contributed by atoms with E-state index in [0.29, 0.717) is 47.8 Å². The van der Waals surface area contributed by atoms with E-state index in [-0.39, 0.29) is 11.9 Å². The van der Waals surface area contributed by atoms with Crippen LogP contribution in [0.3, 0.4) is 0 Å². The fourth-order valence-corrected chi connectivity index (χ4v) is 4.68. The van der Waals surface area contributed by atoms with Crippen molar-refractivity contribution in [1.29, 1.82) is 0 Å². The third kappa shape index (κ3) is 9.39. The normalized spacial score (nSPS) is 16.1. The molecule has 2 aliphatic heterocycles. The van der Waals surface area contributed by atoms with Gasteiger partial charge in [0.05, 0.1) is 0 Å². The maximum Gasteiger partial charge on any atom is 0.416 e. The Kier molecular flexibility index (Phi) is 10.2. The average Bonchev–Trinajstić information content (AvgIpc) is 3.05. The minimum atomic E-state index is -0.938. The minimum Gasteiger partial charge on any atom is -0.443 e. The van der Waals surface area contributed by atoms with Crippen LogP contribution in [-0.2, 0) is 9.47 Å². The van der Waals surface area contributed by atoms with Crippen LogP contribution in [-0.4, -0.2) is 46.4 Å². The molecule has 8 nitrogen and oxygen atoms in total. The summed E-state index contributed by atoms with van der Waals surface area (Å²) < 4.78 is 49.6. The van der Waals surface area contributed by atoms with Crippen molar-refractivity contribution in [3.05, 3.63) is 119 Å². The third-order valence-corrected chi connectivity index (χ3v) is 7.56. The molecule has 6 rings (SSSR count). The topological polar surface area (TPSA) is 84.9 Å². The van der Waals surface area contributed by atoms with Crippen molar-refractivity contribution in [2.24, 2.45) is 0 Å². The van der Waals surface area contributed by atoms with Gasteiger partial charge in [0.1, 0.15) is 28.7 Å². The zero-order valence-electron chi connectivity index (χ0n) is 27.4. The summed E-state index contributed by atoms with van der Waals surface area (Å²) in [6.07, 6.45) is 3.77. The van der Waals surface area contributed by atoms with Gasteiger partial charge < -0.3 is 9.47 Å². The first-order valence-electron chi connectivity index (χ1n) is 15.4. The number of aromatic nitrogens is 2. The van der Waals surface area contributed by atoms with Crippen LogP contribution < -0.4 is 9.80 Å². The van der Waals surface area contributed by atoms with Crippen molar-refractivity contribution in [1.82, 2.24) is 9.97 Å². The molecule has 250 valence electrons. The summed E-state index contributed by atoms with van der Waals surface area (Å²) in [6.45, 7) is 8.62. The molecule has 2 aromatic carbocycles. The third-order valence-electron chi connectivity index (χ3n) is 7.56. The van der Waals surface area contributed by atoms with Gasteiger partial charge in [-0.05, 0) is 94.4 Å². The standard InChI is InChI=1S/C19H16F2N2O2.C19H17FN2O2/c1-19(2)9-10-23(18(24)25-19)17-8-6-14(12-22-17)4-3-13-5-7-15(20)16(21)11-13;1-19(2)11-12-22(18(23)24-19)17-10-7-15(13-21-17)4-3-14-5-8-16(20)9-6-14/h5-8,11-12H,9-10H2,1-2H3;5-10,13H,11-12H2,1-2H3. The number of amides is 2. The molecule has 0 saturated carbocycles. The summed E-state index contributed by atoms with van der Waals surface area (Å²) in [5.74, 6) is 10.4. The molecular weight excluding hydrogens is 633 g/mol. The van der Waals surface area contributed by atoms with Crippen molar-refractivity contribution in [2.45, 2.75) is 51.7 Å². The summed E-state index contributed by atoms with van der Waals surface area (Å²) in [4.78, 5) is 35.6. The van der Waals surface area contributed by atoms with E-state index in [1.807, 2.05) is 27.7 Å². The van der Waals surface area contributed by atoms with Crippen molar-refractivity contribution in [3.8, 4) is 23.7 Å². The van der Waals surface area contributed by atoms with Gasteiger partial charge in [-0.25, -0.2) is 32.7 Å². The first kappa shape index (κ1) is 34.5. The van der Waals surface area contributed by atoms with Crippen LogP contribution in [0.5, 0.6) is 0 Å². The highest BCUT2D eigenvalue weighted by Crippen LogP contribution is 2.27. The van der Waals surface area contributed by atoms with E-state index in [4.69, 9.17) is 9.47 Å². The van der Waals surface area contributed by atoms with Crippen LogP contribution in [0.25, 0.3) is 0 Å². The summed E-state index contributed by atoms with van der Waals surface area (Å²) in [5, 5.41) is 0. The Hall–Kier alpha value is -5.81. The molecule has 2 amide bonds. The molecule has 0 bridgehead atoms. The molecule has 49 heavy (non-hydrogen) atoms. The van der Waals surface area contributed by atoms with Gasteiger partial charge in [0.2, 0.25) is 0 Å². The quantitative estimate of drug-likeness (QED) is 0.205. The molecule has 2 aliphatic rings. The predicted molar refractivity (Wildman–Crippen MR) is 178 cm³/mol. The van der Waals surface area contributed by atoms with Crippen LogP contribution in [0.4, 0.5) is 34.4 Å². The second-order valence-electron chi connectivity index (χ2n) is 12.5. The number of hydrogen-bond donors (Lipinski definition) is 0. The number of cyclic esters (lactones) is 2. The fraction of sp³-hybridized carbons (Fsp3) is 0.263. The number of ether oxygens (including phenoxy) is 2. The van der Waals surface area contributed by atoms with Crippen LogP contribution >= 0.6 is 0 Å². The van der Waals surface area contributed by atoms with Crippen LogP contribution in [0, 0.1) is 41.1 Å². The van der Waals surface area contributed by atoms with Crippen LogP contribution in [0.2, 0.25) is 0 Å². The van der Waals surface area contributed by atoms with E-state index in [1.54, 1.807) is 42.6 Å². The highest BCUT2D eigenvalue weighted by molar-refractivity contribution is 5.88. The van der Waals surface area contributed by atoms with Crippen LogP contribution in [0.15, 0.2) is 79.1 Å². The molecule has 11 heteroatoms. The van der Waals surface area contributed by atoms with E-state index in [1.165, 1.54) is 34.2 Å². The maximum atomic E-state index is 13.2. The fourth-order valence-electron chi connectivity index (χ4n) is 4.68. The lowest BCUT2D eigenvalue weighted by molar-refractivity contribution is 0.0225. The van der Waals surface area contributed by atoms with Crippen molar-refractivity contribution < 1.29 is 32.2 Å². The number of nitrogens with zero attached hydrogens (tertiary/aromatic N) is 4. The molecule has 0 unspecified atom stereocenters. The van der Waals surface area contributed by atoms with E-state index in [2.05, 4.69) is 33.6 Å². The highest BCUT2D eigenvalue weighted by Gasteiger charge is 2.35. The van der Waals surface area contributed by atoms with Gasteiger partial charge in [-0.3, -0.25) is 9.80 Å². The van der Waals surface area contributed by atoms with E-state index >= 15 is 0 Å². The number of rotatable bonds is 2. The van der Waals surface area contributed by atoms with Gasteiger partial charge in [-0.2, -0.15) is 0 Å². The molecule has 0 aliphatic carbocycles. The Bertz CT molecular complexity index is 1960. The summed E-state index contributed by atoms with van der Waals surface area (Å²) in [5.41, 5.74) is 1.50. The lowest BCUT2D eigenvalue weighted by Gasteiger charge is -2.35. The summed E-state index contributed by atoms with van der Waals surface area (Å²) in [6, 6.07) is 16.4. The molecular formula is C38H33F3N4O4. The lowest BCUT2D eigenvalue weighted by atomic mass is 10.0. The van der Waals surface area contributed by atoms with Crippen molar-refractivity contribution in [3.63, 3.8) is 0 Å². The SMILES string of the molecule is CC1(C)CCN(c2ccc(C#Cc3ccc(F)c(F)c3)cn2)C(=O)O1.CC1(C)CCN(c2ccc(C#Cc3ccc(F)cc3)cn2)C(=O)O1. The number of hydrogen-bond acceptors (Lipinski definition) is 6. The van der Waals surface area contributed by atoms with Crippen molar-refractivity contribution in [2.75, 3.05) is 22.9 Å². The van der Waals surface area contributed by atoms with Gasteiger partial charge in [0, 0.05) is 60.6 Å². The van der Waals surface area contributed by atoms with Gasteiger partial charge in [-0.15, -0.1) is 0 Å². The average molecular weight is 667 g/mol. The first-order valence-corrected chi connectivity index (χ1v) is 15.4. The molecule has 2 saturated heterocycles. The largest absolute Gasteiger partial charge is 0.443 e. The molecule has 2 aromatic heterocycles. The Labute approximate surface area is 282 Å². The number of halogens is 3. The van der Waals surface area contributed by atoms with Gasteiger partial charge in [0.25, 0.3) is 0 Å². The van der Waals surface area contributed by atoms with Crippen LogP contribution in [0.1, 0.15) is 62.8 Å². The maximum absolute atomic E-state index is 13.2. The number of benzene rings is 2. The molecule has 0 spiro atoms. The number of pyridine rings is 2. The lowest BCUT2D eigenvalue weighted by Crippen LogP contribution is -2.47. The second kappa shape index (κ2) is 14.5. The molecule has 0 atom stereocenters. The van der Waals surface area contributed by atoms with Gasteiger partial charge in [-0.1, -0.05) is 23.7 Å². The molecule has 4 heterocycles. The Morgan fingerprint density at radius 2 is 1.02 bits per heavy atom. The number of carbonyl (C=O) groups is 2. The summed E-state index contributed by atoms with van der Waals surface area (Å²) >= 11 is 0. The van der Waals surface area contributed by atoms with Gasteiger partial charge >= 0.3 is 12.2 Å².